The highest BCUT2D eigenvalue weighted by Gasteiger charge is 2.09. The van der Waals surface area contributed by atoms with Crippen LogP contribution in [-0.2, 0) is 24.1 Å². The molecule has 0 fully saturated rings. The van der Waals surface area contributed by atoms with Crippen molar-refractivity contribution < 1.29 is 9.90 Å². The van der Waals surface area contributed by atoms with Crippen molar-refractivity contribution in [2.75, 3.05) is 0 Å². The van der Waals surface area contributed by atoms with Crippen LogP contribution in [0.25, 0.3) is 5.65 Å². The van der Waals surface area contributed by atoms with E-state index in [4.69, 9.17) is 5.11 Å². The molecule has 21 heavy (non-hydrogen) atoms. The van der Waals surface area contributed by atoms with Gasteiger partial charge in [-0.1, -0.05) is 30.3 Å². The summed E-state index contributed by atoms with van der Waals surface area (Å²) in [6.45, 7) is 0. The SMILES string of the molecule is O=C(O)Cc1cnc2ccc(CCc3ccccc3)nn12. The fourth-order valence-corrected chi connectivity index (χ4v) is 2.28. The summed E-state index contributed by atoms with van der Waals surface area (Å²) in [5.41, 5.74) is 3.46. The van der Waals surface area contributed by atoms with Crippen molar-refractivity contribution in [1.29, 1.82) is 0 Å². The molecule has 0 aliphatic carbocycles. The van der Waals surface area contributed by atoms with E-state index in [2.05, 4.69) is 22.2 Å². The lowest BCUT2D eigenvalue weighted by molar-refractivity contribution is -0.136. The summed E-state index contributed by atoms with van der Waals surface area (Å²) in [6, 6.07) is 14.0. The van der Waals surface area contributed by atoms with Crippen LogP contribution in [0, 0.1) is 0 Å². The minimum atomic E-state index is -0.881. The number of aromatic nitrogens is 3. The van der Waals surface area contributed by atoms with Gasteiger partial charge in [0.25, 0.3) is 0 Å². The molecule has 2 aromatic heterocycles. The molecule has 0 amide bonds. The molecule has 0 saturated heterocycles. The van der Waals surface area contributed by atoms with Gasteiger partial charge in [-0.15, -0.1) is 0 Å². The van der Waals surface area contributed by atoms with E-state index in [1.165, 1.54) is 5.56 Å². The third-order valence-corrected chi connectivity index (χ3v) is 3.33. The van der Waals surface area contributed by atoms with Gasteiger partial charge in [-0.2, -0.15) is 5.10 Å². The summed E-state index contributed by atoms with van der Waals surface area (Å²) >= 11 is 0. The molecule has 0 unspecified atom stereocenters. The van der Waals surface area contributed by atoms with Crippen LogP contribution in [0.5, 0.6) is 0 Å². The molecule has 5 nitrogen and oxygen atoms in total. The number of aliphatic carboxylic acids is 1. The number of rotatable bonds is 5. The Morgan fingerprint density at radius 2 is 1.90 bits per heavy atom. The molecular weight excluding hydrogens is 266 g/mol. The molecule has 1 aromatic carbocycles. The van der Waals surface area contributed by atoms with Crippen LogP contribution < -0.4 is 0 Å². The second kappa shape index (κ2) is 5.75. The smallest absolute Gasteiger partial charge is 0.309 e. The number of fused-ring (bicyclic) bond motifs is 1. The average Bonchev–Trinajstić information content (AvgIpc) is 2.88. The van der Waals surface area contributed by atoms with Crippen molar-refractivity contribution in [3.05, 3.63) is 65.6 Å². The number of imidazole rings is 1. The Morgan fingerprint density at radius 3 is 2.67 bits per heavy atom. The minimum Gasteiger partial charge on any atom is -0.481 e. The first-order valence-electron chi connectivity index (χ1n) is 6.80. The van der Waals surface area contributed by atoms with E-state index in [9.17, 15) is 4.79 Å². The quantitative estimate of drug-likeness (QED) is 0.778. The largest absolute Gasteiger partial charge is 0.481 e. The van der Waals surface area contributed by atoms with Crippen LogP contribution in [-0.4, -0.2) is 25.7 Å². The highest BCUT2D eigenvalue weighted by Crippen LogP contribution is 2.09. The van der Waals surface area contributed by atoms with Gasteiger partial charge in [0.1, 0.15) is 0 Å². The van der Waals surface area contributed by atoms with Crippen molar-refractivity contribution in [1.82, 2.24) is 14.6 Å². The van der Waals surface area contributed by atoms with E-state index in [1.807, 2.05) is 30.3 Å². The number of carbonyl (C=O) groups is 1. The molecule has 0 aliphatic heterocycles. The fraction of sp³-hybridized carbons (Fsp3) is 0.188. The summed E-state index contributed by atoms with van der Waals surface area (Å²) < 4.78 is 1.62. The summed E-state index contributed by atoms with van der Waals surface area (Å²) in [5.74, 6) is -0.881. The molecule has 3 aromatic rings. The maximum atomic E-state index is 10.8. The number of benzene rings is 1. The van der Waals surface area contributed by atoms with E-state index < -0.39 is 5.97 Å². The van der Waals surface area contributed by atoms with Crippen LogP contribution in [0.15, 0.2) is 48.7 Å². The fourth-order valence-electron chi connectivity index (χ4n) is 2.28. The average molecular weight is 281 g/mol. The van der Waals surface area contributed by atoms with Gasteiger partial charge < -0.3 is 5.11 Å². The molecule has 0 spiro atoms. The highest BCUT2D eigenvalue weighted by atomic mass is 16.4. The molecular formula is C16H15N3O2. The zero-order valence-corrected chi connectivity index (χ0v) is 11.4. The van der Waals surface area contributed by atoms with Crippen LogP contribution in [0.4, 0.5) is 0 Å². The number of carboxylic acid groups (broad SMARTS) is 1. The summed E-state index contributed by atoms with van der Waals surface area (Å²) in [4.78, 5) is 15.0. The predicted octanol–water partition coefficient (Wildman–Crippen LogP) is 2.14. The predicted molar refractivity (Wildman–Crippen MR) is 78.2 cm³/mol. The maximum Gasteiger partial charge on any atom is 0.309 e. The topological polar surface area (TPSA) is 67.5 Å². The Labute approximate surface area is 121 Å². The lowest BCUT2D eigenvalue weighted by Gasteiger charge is -2.03. The first-order valence-corrected chi connectivity index (χ1v) is 6.80. The molecule has 5 heteroatoms. The van der Waals surface area contributed by atoms with Gasteiger partial charge in [-0.25, -0.2) is 9.50 Å². The first-order chi connectivity index (χ1) is 10.2. The second-order valence-electron chi connectivity index (χ2n) is 4.90. The zero-order valence-electron chi connectivity index (χ0n) is 11.4. The summed E-state index contributed by atoms with van der Waals surface area (Å²) in [7, 11) is 0. The number of aryl methyl sites for hydroxylation is 2. The number of hydrogen-bond acceptors (Lipinski definition) is 3. The Balaban J connectivity index is 1.81. The van der Waals surface area contributed by atoms with E-state index in [1.54, 1.807) is 10.7 Å². The van der Waals surface area contributed by atoms with Crippen molar-refractivity contribution >= 4 is 11.6 Å². The zero-order chi connectivity index (χ0) is 14.7. The standard InChI is InChI=1S/C16H15N3O2/c20-16(21)10-14-11-17-15-9-8-13(18-19(14)15)7-6-12-4-2-1-3-5-12/h1-5,8-9,11H,6-7,10H2,(H,20,21). The molecule has 0 saturated carbocycles. The lowest BCUT2D eigenvalue weighted by Crippen LogP contribution is -2.07. The normalized spacial score (nSPS) is 10.9. The molecule has 2 heterocycles. The molecule has 0 radical (unpaired) electrons. The Bertz CT molecular complexity index is 766. The van der Waals surface area contributed by atoms with Gasteiger partial charge in [0.05, 0.1) is 24.0 Å². The van der Waals surface area contributed by atoms with Crippen molar-refractivity contribution in [3.63, 3.8) is 0 Å². The number of nitrogens with zero attached hydrogens (tertiary/aromatic N) is 3. The maximum absolute atomic E-state index is 10.8. The molecule has 1 N–H and O–H groups in total. The third kappa shape index (κ3) is 3.08. The van der Waals surface area contributed by atoms with E-state index in [-0.39, 0.29) is 6.42 Å². The minimum absolute atomic E-state index is 0.0731. The molecule has 0 bridgehead atoms. The van der Waals surface area contributed by atoms with Gasteiger partial charge in [0.2, 0.25) is 0 Å². The van der Waals surface area contributed by atoms with Crippen LogP contribution in [0.1, 0.15) is 17.0 Å². The van der Waals surface area contributed by atoms with Gasteiger partial charge in [0.15, 0.2) is 5.65 Å². The van der Waals surface area contributed by atoms with Gasteiger partial charge in [-0.3, -0.25) is 4.79 Å². The molecule has 0 atom stereocenters. The Kier molecular flexibility index (Phi) is 3.64. The summed E-state index contributed by atoms with van der Waals surface area (Å²) in [6.07, 6.45) is 3.21. The first kappa shape index (κ1) is 13.3. The molecule has 106 valence electrons. The Hall–Kier alpha value is -2.69. The van der Waals surface area contributed by atoms with E-state index >= 15 is 0 Å². The van der Waals surface area contributed by atoms with Crippen molar-refractivity contribution in [2.24, 2.45) is 0 Å². The van der Waals surface area contributed by atoms with Gasteiger partial charge >= 0.3 is 5.97 Å². The van der Waals surface area contributed by atoms with Gasteiger partial charge in [-0.05, 0) is 30.5 Å². The van der Waals surface area contributed by atoms with Crippen molar-refractivity contribution in [2.45, 2.75) is 19.3 Å². The highest BCUT2D eigenvalue weighted by molar-refractivity contribution is 5.69. The van der Waals surface area contributed by atoms with Crippen LogP contribution >= 0.6 is 0 Å². The lowest BCUT2D eigenvalue weighted by atomic mass is 10.1. The second-order valence-corrected chi connectivity index (χ2v) is 4.90. The van der Waals surface area contributed by atoms with E-state index in [0.717, 1.165) is 18.5 Å². The van der Waals surface area contributed by atoms with E-state index in [0.29, 0.717) is 11.3 Å². The van der Waals surface area contributed by atoms with Crippen LogP contribution in [0.3, 0.4) is 0 Å². The molecule has 0 aliphatic rings. The Morgan fingerprint density at radius 1 is 1.10 bits per heavy atom. The number of hydrogen-bond donors (Lipinski definition) is 1. The summed E-state index contributed by atoms with van der Waals surface area (Å²) in [5, 5.41) is 13.4. The van der Waals surface area contributed by atoms with Gasteiger partial charge in [0, 0.05) is 0 Å². The number of carboxylic acids is 1. The third-order valence-electron chi connectivity index (χ3n) is 3.33. The van der Waals surface area contributed by atoms with Crippen LogP contribution in [0.2, 0.25) is 0 Å². The molecule has 3 rings (SSSR count). The monoisotopic (exact) mass is 281 g/mol. The van der Waals surface area contributed by atoms with Crippen molar-refractivity contribution in [3.8, 4) is 0 Å².